The zero-order valence-corrected chi connectivity index (χ0v) is 15.0. The van der Waals surface area contributed by atoms with Crippen LogP contribution in [0.4, 0.5) is 0 Å². The van der Waals surface area contributed by atoms with E-state index in [1.807, 2.05) is 23.3 Å². The van der Waals surface area contributed by atoms with Gasteiger partial charge in [-0.15, -0.1) is 10.2 Å². The molecule has 1 amide bonds. The van der Waals surface area contributed by atoms with E-state index in [1.54, 1.807) is 6.33 Å². The molecule has 0 spiro atoms. The summed E-state index contributed by atoms with van der Waals surface area (Å²) in [5.41, 5.74) is 0. The van der Waals surface area contributed by atoms with E-state index >= 15 is 0 Å². The van der Waals surface area contributed by atoms with Crippen molar-refractivity contribution in [2.75, 3.05) is 26.2 Å². The molecule has 2 rings (SSSR count). The zero-order valence-electron chi connectivity index (χ0n) is 15.0. The maximum absolute atomic E-state index is 11.8. The summed E-state index contributed by atoms with van der Waals surface area (Å²) < 4.78 is 2.03. The number of hydrogen-bond acceptors (Lipinski definition) is 4. The molecule has 24 heavy (non-hydrogen) atoms. The fourth-order valence-electron chi connectivity index (χ4n) is 2.85. The highest BCUT2D eigenvalue weighted by Crippen LogP contribution is 2.10. The Kier molecular flexibility index (Phi) is 7.02. The first-order chi connectivity index (χ1) is 11.7. The lowest BCUT2D eigenvalue weighted by Gasteiger charge is -2.18. The molecule has 8 nitrogen and oxygen atoms in total. The van der Waals surface area contributed by atoms with E-state index in [0.717, 1.165) is 50.8 Å². The van der Waals surface area contributed by atoms with E-state index in [0.29, 0.717) is 13.0 Å². The fraction of sp³-hybridized carbons (Fsp3) is 0.750. The highest BCUT2D eigenvalue weighted by molar-refractivity contribution is 5.80. The molecule has 0 radical (unpaired) electrons. The number of hydrogen-bond donors (Lipinski definition) is 2. The van der Waals surface area contributed by atoms with Crippen LogP contribution in [-0.4, -0.2) is 63.8 Å². The molecule has 1 aliphatic heterocycles. The number of nitrogens with one attached hydrogen (secondary N) is 2. The van der Waals surface area contributed by atoms with Gasteiger partial charge >= 0.3 is 0 Å². The van der Waals surface area contributed by atoms with Gasteiger partial charge in [0, 0.05) is 45.1 Å². The standard InChI is InChI=1S/C16H29N7O/c1-4-14-21-19-12-23(14)10-8-18-16(17-6-3)20-13-7-9-22(11-13)15(24)5-2/h12-13H,4-11H2,1-3H3,(H2,17,18,20). The number of aromatic nitrogens is 3. The minimum atomic E-state index is 0.223. The van der Waals surface area contributed by atoms with Crippen LogP contribution in [0, 0.1) is 0 Å². The van der Waals surface area contributed by atoms with Gasteiger partial charge in [0.1, 0.15) is 12.2 Å². The van der Waals surface area contributed by atoms with Crippen LogP contribution < -0.4 is 10.6 Å². The molecule has 1 aromatic heterocycles. The van der Waals surface area contributed by atoms with E-state index in [-0.39, 0.29) is 11.9 Å². The third-order valence-electron chi connectivity index (χ3n) is 4.15. The second-order valence-corrected chi connectivity index (χ2v) is 5.88. The van der Waals surface area contributed by atoms with Crippen molar-refractivity contribution >= 4 is 11.9 Å². The van der Waals surface area contributed by atoms with E-state index in [9.17, 15) is 4.79 Å². The molecule has 0 saturated carbocycles. The summed E-state index contributed by atoms with van der Waals surface area (Å²) in [6.45, 7) is 9.83. The van der Waals surface area contributed by atoms with Gasteiger partial charge in [-0.05, 0) is 13.3 Å². The van der Waals surface area contributed by atoms with E-state index in [2.05, 4.69) is 32.7 Å². The normalized spacial score (nSPS) is 18.0. The smallest absolute Gasteiger partial charge is 0.222 e. The van der Waals surface area contributed by atoms with E-state index in [4.69, 9.17) is 0 Å². The van der Waals surface area contributed by atoms with E-state index in [1.165, 1.54) is 0 Å². The van der Waals surface area contributed by atoms with Crippen molar-refractivity contribution < 1.29 is 4.79 Å². The summed E-state index contributed by atoms with van der Waals surface area (Å²) in [6.07, 6.45) is 4.15. The number of nitrogens with zero attached hydrogens (tertiary/aromatic N) is 5. The van der Waals surface area contributed by atoms with Crippen LogP contribution in [0.2, 0.25) is 0 Å². The lowest BCUT2D eigenvalue weighted by Crippen LogP contribution is -2.45. The number of rotatable bonds is 7. The zero-order chi connectivity index (χ0) is 17.4. The average molecular weight is 335 g/mol. The highest BCUT2D eigenvalue weighted by Gasteiger charge is 2.25. The predicted octanol–water partition coefficient (Wildman–Crippen LogP) is 0.407. The van der Waals surface area contributed by atoms with Crippen molar-refractivity contribution in [1.29, 1.82) is 0 Å². The minimum Gasteiger partial charge on any atom is -0.357 e. The van der Waals surface area contributed by atoms with Crippen LogP contribution in [0.5, 0.6) is 0 Å². The Hall–Kier alpha value is -2.12. The molecule has 1 unspecified atom stereocenters. The predicted molar refractivity (Wildman–Crippen MR) is 93.8 cm³/mol. The molecule has 134 valence electrons. The third kappa shape index (κ3) is 4.94. The van der Waals surface area contributed by atoms with Crippen molar-refractivity contribution in [1.82, 2.24) is 30.3 Å². The van der Waals surface area contributed by atoms with Gasteiger partial charge < -0.3 is 20.1 Å². The van der Waals surface area contributed by atoms with Crippen molar-refractivity contribution in [2.24, 2.45) is 4.99 Å². The van der Waals surface area contributed by atoms with Gasteiger partial charge in [-0.2, -0.15) is 0 Å². The van der Waals surface area contributed by atoms with Crippen molar-refractivity contribution in [2.45, 2.75) is 52.6 Å². The first kappa shape index (κ1) is 18.2. The molecule has 0 aliphatic carbocycles. The van der Waals surface area contributed by atoms with Crippen LogP contribution in [0.1, 0.15) is 39.4 Å². The topological polar surface area (TPSA) is 87.4 Å². The Morgan fingerprint density at radius 2 is 2.25 bits per heavy atom. The van der Waals surface area contributed by atoms with Crippen LogP contribution in [-0.2, 0) is 17.8 Å². The molecule has 2 heterocycles. The summed E-state index contributed by atoms with van der Waals surface area (Å²) in [4.78, 5) is 18.3. The van der Waals surface area contributed by atoms with Crippen LogP contribution >= 0.6 is 0 Å². The van der Waals surface area contributed by atoms with E-state index < -0.39 is 0 Å². The Balaban J connectivity index is 1.86. The van der Waals surface area contributed by atoms with Gasteiger partial charge in [0.15, 0.2) is 5.96 Å². The molecule has 1 saturated heterocycles. The number of amides is 1. The SMILES string of the molecule is CCNC(=NCCn1cnnc1CC)NC1CCN(C(=O)CC)C1. The molecule has 0 aromatic carbocycles. The fourth-order valence-corrected chi connectivity index (χ4v) is 2.85. The van der Waals surface area contributed by atoms with Crippen LogP contribution in [0.3, 0.4) is 0 Å². The van der Waals surface area contributed by atoms with Gasteiger partial charge in [-0.3, -0.25) is 9.79 Å². The number of carbonyl (C=O) groups is 1. The molecular weight excluding hydrogens is 306 g/mol. The molecule has 1 atom stereocenters. The number of aryl methyl sites for hydroxylation is 1. The second-order valence-electron chi connectivity index (χ2n) is 5.88. The first-order valence-corrected chi connectivity index (χ1v) is 8.87. The minimum absolute atomic E-state index is 0.223. The molecule has 8 heteroatoms. The van der Waals surface area contributed by atoms with Gasteiger partial charge in [-0.1, -0.05) is 13.8 Å². The summed E-state index contributed by atoms with van der Waals surface area (Å²) >= 11 is 0. The van der Waals surface area contributed by atoms with Crippen LogP contribution in [0.15, 0.2) is 11.3 Å². The van der Waals surface area contributed by atoms with Crippen molar-refractivity contribution in [3.8, 4) is 0 Å². The lowest BCUT2D eigenvalue weighted by molar-refractivity contribution is -0.129. The molecule has 1 aromatic rings. The summed E-state index contributed by atoms with van der Waals surface area (Å²) in [5.74, 6) is 2.01. The van der Waals surface area contributed by atoms with Gasteiger partial charge in [0.05, 0.1) is 6.54 Å². The highest BCUT2D eigenvalue weighted by atomic mass is 16.2. The summed E-state index contributed by atoms with van der Waals surface area (Å²) in [7, 11) is 0. The van der Waals surface area contributed by atoms with Gasteiger partial charge in [-0.25, -0.2) is 0 Å². The molecule has 2 N–H and O–H groups in total. The Labute approximate surface area is 143 Å². The third-order valence-corrected chi connectivity index (χ3v) is 4.15. The Morgan fingerprint density at radius 1 is 1.42 bits per heavy atom. The lowest BCUT2D eigenvalue weighted by atomic mass is 10.3. The quantitative estimate of drug-likeness (QED) is 0.556. The number of carbonyl (C=O) groups excluding carboxylic acids is 1. The number of guanidine groups is 1. The largest absolute Gasteiger partial charge is 0.357 e. The summed E-state index contributed by atoms with van der Waals surface area (Å²) in [5, 5.41) is 14.7. The maximum atomic E-state index is 11.8. The van der Waals surface area contributed by atoms with Crippen LogP contribution in [0.25, 0.3) is 0 Å². The molecule has 0 bridgehead atoms. The molecular formula is C16H29N7O. The Morgan fingerprint density at radius 3 is 2.96 bits per heavy atom. The van der Waals surface area contributed by atoms with Crippen molar-refractivity contribution in [3.05, 3.63) is 12.2 Å². The molecule has 1 aliphatic rings. The Bertz CT molecular complexity index is 554. The van der Waals surface area contributed by atoms with Gasteiger partial charge in [0.25, 0.3) is 0 Å². The first-order valence-electron chi connectivity index (χ1n) is 8.87. The average Bonchev–Trinajstić information content (AvgIpc) is 3.23. The number of aliphatic imine (C=N–C) groups is 1. The molecule has 1 fully saturated rings. The second kappa shape index (κ2) is 9.24. The number of likely N-dealkylation sites (tertiary alicyclic amines) is 1. The summed E-state index contributed by atoms with van der Waals surface area (Å²) in [6, 6.07) is 0.263. The van der Waals surface area contributed by atoms with Crippen molar-refractivity contribution in [3.63, 3.8) is 0 Å². The van der Waals surface area contributed by atoms with Gasteiger partial charge in [0.2, 0.25) is 5.91 Å². The monoisotopic (exact) mass is 335 g/mol. The maximum Gasteiger partial charge on any atom is 0.222 e.